The van der Waals surface area contributed by atoms with E-state index in [0.717, 1.165) is 5.56 Å². The molecule has 0 N–H and O–H groups in total. The Kier molecular flexibility index (Phi) is 1.75. The van der Waals surface area contributed by atoms with Crippen LogP contribution in [0.4, 0.5) is 0 Å². The van der Waals surface area contributed by atoms with E-state index in [1.165, 1.54) is 0 Å². The molecule has 0 aromatic carbocycles. The van der Waals surface area contributed by atoms with Crippen molar-refractivity contribution < 1.29 is 5.11 Å². The SMILES string of the molecule is Cc1cnc(C[O-])nc1. The van der Waals surface area contributed by atoms with Gasteiger partial charge in [-0.1, -0.05) is 6.61 Å². The highest BCUT2D eigenvalue weighted by Gasteiger charge is 1.84. The van der Waals surface area contributed by atoms with Crippen LogP contribution in [0.1, 0.15) is 11.4 Å². The Hall–Kier alpha value is -0.960. The molecule has 3 heteroatoms. The number of aromatic nitrogens is 2. The van der Waals surface area contributed by atoms with E-state index in [0.29, 0.717) is 5.82 Å². The van der Waals surface area contributed by atoms with Gasteiger partial charge in [-0.2, -0.15) is 0 Å². The fraction of sp³-hybridized carbons (Fsp3) is 0.333. The molecule has 0 unspecified atom stereocenters. The summed E-state index contributed by atoms with van der Waals surface area (Å²) in [5.74, 6) is 0.362. The zero-order valence-corrected chi connectivity index (χ0v) is 5.16. The van der Waals surface area contributed by atoms with E-state index in [9.17, 15) is 5.11 Å². The van der Waals surface area contributed by atoms with Gasteiger partial charge in [-0.15, -0.1) is 0 Å². The zero-order chi connectivity index (χ0) is 6.69. The number of aryl methyl sites for hydroxylation is 1. The van der Waals surface area contributed by atoms with E-state index in [1.807, 2.05) is 6.92 Å². The Bertz CT molecular complexity index is 183. The molecule has 0 spiro atoms. The average Bonchev–Trinajstić information content (AvgIpc) is 1.90. The summed E-state index contributed by atoms with van der Waals surface area (Å²) >= 11 is 0. The first-order chi connectivity index (χ1) is 4.33. The predicted molar refractivity (Wildman–Crippen MR) is 30.5 cm³/mol. The molecule has 0 fully saturated rings. The summed E-state index contributed by atoms with van der Waals surface area (Å²) in [6, 6.07) is 0. The molecule has 1 aromatic heterocycles. The van der Waals surface area contributed by atoms with Gasteiger partial charge in [0.2, 0.25) is 0 Å². The molecule has 0 bridgehead atoms. The first-order valence-electron chi connectivity index (χ1n) is 2.68. The second-order valence-electron chi connectivity index (χ2n) is 1.82. The lowest BCUT2D eigenvalue weighted by Gasteiger charge is -1.99. The van der Waals surface area contributed by atoms with Crippen molar-refractivity contribution in [1.82, 2.24) is 9.97 Å². The fourth-order valence-corrected chi connectivity index (χ4v) is 0.494. The molecular formula is C6H7N2O-. The van der Waals surface area contributed by atoms with Crippen LogP contribution in [0.5, 0.6) is 0 Å². The molecule has 0 saturated heterocycles. The molecule has 0 aliphatic heterocycles. The Morgan fingerprint density at radius 2 is 2.00 bits per heavy atom. The minimum Gasteiger partial charge on any atom is -0.849 e. The van der Waals surface area contributed by atoms with E-state index in [2.05, 4.69) is 9.97 Å². The smallest absolute Gasteiger partial charge is 0.111 e. The van der Waals surface area contributed by atoms with Crippen molar-refractivity contribution in [2.45, 2.75) is 13.5 Å². The highest BCUT2D eigenvalue weighted by molar-refractivity contribution is 5.00. The third kappa shape index (κ3) is 1.47. The Morgan fingerprint density at radius 1 is 1.44 bits per heavy atom. The van der Waals surface area contributed by atoms with Crippen LogP contribution in [0, 0.1) is 6.92 Å². The number of nitrogens with zero attached hydrogens (tertiary/aromatic N) is 2. The van der Waals surface area contributed by atoms with Crippen molar-refractivity contribution in [3.05, 3.63) is 23.8 Å². The van der Waals surface area contributed by atoms with Crippen LogP contribution >= 0.6 is 0 Å². The van der Waals surface area contributed by atoms with Gasteiger partial charge < -0.3 is 5.11 Å². The van der Waals surface area contributed by atoms with Crippen molar-refractivity contribution >= 4 is 0 Å². The van der Waals surface area contributed by atoms with Crippen molar-refractivity contribution in [3.63, 3.8) is 0 Å². The van der Waals surface area contributed by atoms with E-state index in [1.54, 1.807) is 12.4 Å². The highest BCUT2D eigenvalue weighted by atomic mass is 16.3. The molecular weight excluding hydrogens is 116 g/mol. The van der Waals surface area contributed by atoms with Crippen molar-refractivity contribution in [2.75, 3.05) is 0 Å². The molecule has 0 saturated carbocycles. The van der Waals surface area contributed by atoms with Crippen LogP contribution in [0.3, 0.4) is 0 Å². The maximum atomic E-state index is 10.1. The quantitative estimate of drug-likeness (QED) is 0.512. The molecule has 0 radical (unpaired) electrons. The van der Waals surface area contributed by atoms with Crippen molar-refractivity contribution in [2.24, 2.45) is 0 Å². The normalized spacial score (nSPS) is 9.56. The van der Waals surface area contributed by atoms with Crippen LogP contribution < -0.4 is 5.11 Å². The lowest BCUT2D eigenvalue weighted by atomic mass is 10.4. The molecule has 9 heavy (non-hydrogen) atoms. The molecule has 1 rings (SSSR count). The third-order valence-corrected chi connectivity index (χ3v) is 0.964. The summed E-state index contributed by atoms with van der Waals surface area (Å²) in [5, 5.41) is 10.1. The Balaban J connectivity index is 2.88. The Labute approximate surface area is 53.4 Å². The maximum absolute atomic E-state index is 10.1. The van der Waals surface area contributed by atoms with Gasteiger partial charge in [-0.3, -0.25) is 0 Å². The second kappa shape index (κ2) is 2.55. The Morgan fingerprint density at radius 3 is 2.44 bits per heavy atom. The predicted octanol–water partition coefficient (Wildman–Crippen LogP) is -0.355. The lowest BCUT2D eigenvalue weighted by Crippen LogP contribution is -2.06. The van der Waals surface area contributed by atoms with Crippen LogP contribution in [-0.4, -0.2) is 9.97 Å². The molecule has 3 nitrogen and oxygen atoms in total. The first-order valence-corrected chi connectivity index (χ1v) is 2.68. The summed E-state index contributed by atoms with van der Waals surface area (Å²) in [5.41, 5.74) is 0.979. The minimum absolute atomic E-state index is 0.333. The average molecular weight is 123 g/mol. The number of hydrogen-bond donors (Lipinski definition) is 0. The van der Waals surface area contributed by atoms with Gasteiger partial charge in [-0.05, 0) is 12.5 Å². The van der Waals surface area contributed by atoms with Crippen molar-refractivity contribution in [1.29, 1.82) is 0 Å². The highest BCUT2D eigenvalue weighted by Crippen LogP contribution is 1.90. The molecule has 1 heterocycles. The lowest BCUT2D eigenvalue weighted by molar-refractivity contribution is -0.388. The first kappa shape index (κ1) is 6.16. The minimum atomic E-state index is -0.333. The third-order valence-electron chi connectivity index (χ3n) is 0.964. The van der Waals surface area contributed by atoms with E-state index in [-0.39, 0.29) is 6.61 Å². The molecule has 0 aliphatic carbocycles. The van der Waals surface area contributed by atoms with E-state index < -0.39 is 0 Å². The summed E-state index contributed by atoms with van der Waals surface area (Å²) in [6.45, 7) is 1.55. The molecule has 0 amide bonds. The van der Waals surface area contributed by atoms with Crippen LogP contribution in [-0.2, 0) is 6.61 Å². The van der Waals surface area contributed by atoms with Gasteiger partial charge in [0.15, 0.2) is 0 Å². The topological polar surface area (TPSA) is 48.8 Å². The monoisotopic (exact) mass is 123 g/mol. The van der Waals surface area contributed by atoms with E-state index in [4.69, 9.17) is 0 Å². The van der Waals surface area contributed by atoms with Gasteiger partial charge in [0, 0.05) is 12.4 Å². The summed E-state index contributed by atoms with van der Waals surface area (Å²) in [7, 11) is 0. The summed E-state index contributed by atoms with van der Waals surface area (Å²) in [6.07, 6.45) is 3.28. The fourth-order valence-electron chi connectivity index (χ4n) is 0.494. The van der Waals surface area contributed by atoms with E-state index >= 15 is 0 Å². The molecule has 0 aliphatic rings. The van der Waals surface area contributed by atoms with Gasteiger partial charge in [0.1, 0.15) is 5.82 Å². The summed E-state index contributed by atoms with van der Waals surface area (Å²) in [4.78, 5) is 7.55. The van der Waals surface area contributed by atoms with Gasteiger partial charge >= 0.3 is 0 Å². The zero-order valence-electron chi connectivity index (χ0n) is 5.16. The van der Waals surface area contributed by atoms with Crippen molar-refractivity contribution in [3.8, 4) is 0 Å². The van der Waals surface area contributed by atoms with Crippen LogP contribution in [0.2, 0.25) is 0 Å². The maximum Gasteiger partial charge on any atom is 0.111 e. The van der Waals surface area contributed by atoms with Crippen LogP contribution in [0.15, 0.2) is 12.4 Å². The van der Waals surface area contributed by atoms with Crippen LogP contribution in [0.25, 0.3) is 0 Å². The molecule has 1 aromatic rings. The number of rotatable bonds is 1. The van der Waals surface area contributed by atoms with Gasteiger partial charge in [-0.25, -0.2) is 9.97 Å². The molecule has 0 atom stereocenters. The summed E-state index contributed by atoms with van der Waals surface area (Å²) < 4.78 is 0. The molecule has 48 valence electrons. The standard InChI is InChI=1S/C6H7N2O/c1-5-2-7-6(4-9)8-3-5/h2-3H,4H2,1H3/q-1. The second-order valence-corrected chi connectivity index (χ2v) is 1.82. The largest absolute Gasteiger partial charge is 0.849 e. The van der Waals surface area contributed by atoms with Gasteiger partial charge in [0.25, 0.3) is 0 Å². The van der Waals surface area contributed by atoms with Gasteiger partial charge in [0.05, 0.1) is 0 Å². The number of hydrogen-bond acceptors (Lipinski definition) is 3.